The van der Waals surface area contributed by atoms with Crippen LogP contribution in [0, 0.1) is 17.7 Å². The van der Waals surface area contributed by atoms with Crippen molar-refractivity contribution in [2.45, 2.75) is 36.9 Å². The second-order valence-electron chi connectivity index (χ2n) is 9.17. The van der Waals surface area contributed by atoms with Gasteiger partial charge in [-0.15, -0.1) is 11.8 Å². The summed E-state index contributed by atoms with van der Waals surface area (Å²) in [6.45, 7) is 2.19. The number of alkyl halides is 1. The molecule has 1 saturated heterocycles. The maximum Gasteiger partial charge on any atom is 0.303 e. The SMILES string of the molecule is COc1ccc2nccc(C(F)CC[C@@H]3CCN(CCSc4ncccc4F)C[C@@H]3CC(=O)O)c2c1. The molecule has 1 fully saturated rings. The number of hydrogen-bond donors (Lipinski definition) is 1. The van der Waals surface area contributed by atoms with Crippen molar-refractivity contribution in [1.82, 2.24) is 14.9 Å². The van der Waals surface area contributed by atoms with Crippen LogP contribution in [0.4, 0.5) is 8.78 Å². The number of likely N-dealkylation sites (tertiary alicyclic amines) is 1. The highest BCUT2D eigenvalue weighted by atomic mass is 32.2. The zero-order valence-corrected chi connectivity index (χ0v) is 21.1. The molecule has 3 atom stereocenters. The molecule has 36 heavy (non-hydrogen) atoms. The highest BCUT2D eigenvalue weighted by Crippen LogP contribution is 2.36. The molecular formula is C27H31F2N3O3S. The van der Waals surface area contributed by atoms with E-state index in [2.05, 4.69) is 14.9 Å². The van der Waals surface area contributed by atoms with Gasteiger partial charge in [0, 0.05) is 43.0 Å². The number of rotatable bonds is 11. The number of carboxylic acids is 1. The van der Waals surface area contributed by atoms with Crippen molar-refractivity contribution < 1.29 is 23.4 Å². The standard InChI is InChI=1S/C27H31F2N3O3S/c1-35-20-5-7-25-22(16-20)21(8-11-30-25)23(28)6-4-18-9-12-32(17-19(18)15-26(33)34)13-14-36-27-24(29)3-2-10-31-27/h2-3,5,7-8,10-11,16,18-19,23H,4,6,9,12-15,17H2,1H3,(H,33,34)/t18-,19+,23?/m1/s1. The maximum atomic E-state index is 15.4. The fraction of sp³-hybridized carbons (Fsp3) is 0.444. The number of pyridine rings is 2. The van der Waals surface area contributed by atoms with Crippen LogP contribution in [0.2, 0.25) is 0 Å². The predicted molar refractivity (Wildman–Crippen MR) is 137 cm³/mol. The fourth-order valence-corrected chi connectivity index (χ4v) is 5.89. The van der Waals surface area contributed by atoms with Crippen molar-refractivity contribution in [3.8, 4) is 5.75 Å². The van der Waals surface area contributed by atoms with E-state index >= 15 is 4.39 Å². The number of benzene rings is 1. The third kappa shape index (κ3) is 6.70. The molecule has 3 aromatic rings. The first kappa shape index (κ1) is 26.3. The minimum absolute atomic E-state index is 0.0469. The molecule has 2 aromatic heterocycles. The van der Waals surface area contributed by atoms with E-state index in [4.69, 9.17) is 4.74 Å². The lowest BCUT2D eigenvalue weighted by Crippen LogP contribution is -2.42. The van der Waals surface area contributed by atoms with E-state index < -0.39 is 12.1 Å². The number of halogens is 2. The molecular weight excluding hydrogens is 484 g/mol. The number of carbonyl (C=O) groups is 1. The van der Waals surface area contributed by atoms with Gasteiger partial charge in [0.2, 0.25) is 0 Å². The van der Waals surface area contributed by atoms with E-state index in [-0.39, 0.29) is 24.1 Å². The van der Waals surface area contributed by atoms with Crippen LogP contribution in [-0.2, 0) is 4.79 Å². The lowest BCUT2D eigenvalue weighted by molar-refractivity contribution is -0.139. The molecule has 1 unspecified atom stereocenters. The lowest BCUT2D eigenvalue weighted by atomic mass is 9.79. The van der Waals surface area contributed by atoms with Crippen molar-refractivity contribution >= 4 is 28.6 Å². The van der Waals surface area contributed by atoms with Crippen molar-refractivity contribution in [3.05, 3.63) is 60.2 Å². The van der Waals surface area contributed by atoms with Gasteiger partial charge in [0.05, 0.1) is 12.6 Å². The minimum atomic E-state index is -1.17. The number of aromatic nitrogens is 2. The van der Waals surface area contributed by atoms with Crippen LogP contribution in [0.15, 0.2) is 53.8 Å². The normalized spacial score (nSPS) is 19.3. The van der Waals surface area contributed by atoms with Crippen LogP contribution < -0.4 is 4.74 Å². The summed E-state index contributed by atoms with van der Waals surface area (Å²) in [6.07, 6.45) is 3.85. The molecule has 0 bridgehead atoms. The van der Waals surface area contributed by atoms with Crippen LogP contribution in [0.1, 0.15) is 37.4 Å². The summed E-state index contributed by atoms with van der Waals surface area (Å²) in [7, 11) is 1.58. The number of aliphatic carboxylic acids is 1. The Labute approximate surface area is 214 Å². The van der Waals surface area contributed by atoms with Crippen LogP contribution in [0.25, 0.3) is 10.9 Å². The van der Waals surface area contributed by atoms with Crippen molar-refractivity contribution in [3.63, 3.8) is 0 Å². The summed E-state index contributed by atoms with van der Waals surface area (Å²) >= 11 is 1.36. The Balaban J connectivity index is 1.35. The van der Waals surface area contributed by atoms with E-state index in [1.54, 1.807) is 31.6 Å². The number of ether oxygens (including phenoxy) is 1. The Hall–Kier alpha value is -2.78. The summed E-state index contributed by atoms with van der Waals surface area (Å²) in [6, 6.07) is 10.1. The van der Waals surface area contributed by atoms with Crippen molar-refractivity contribution in [1.29, 1.82) is 0 Å². The molecule has 1 aliphatic rings. The monoisotopic (exact) mass is 515 g/mol. The predicted octanol–water partition coefficient (Wildman–Crippen LogP) is 5.77. The van der Waals surface area contributed by atoms with Gasteiger partial charge in [0.1, 0.15) is 16.9 Å². The van der Waals surface area contributed by atoms with E-state index in [0.29, 0.717) is 41.5 Å². The Kier molecular flexibility index (Phi) is 9.09. The Morgan fingerprint density at radius 1 is 1.25 bits per heavy atom. The van der Waals surface area contributed by atoms with E-state index in [0.717, 1.165) is 30.4 Å². The van der Waals surface area contributed by atoms with Gasteiger partial charge >= 0.3 is 5.97 Å². The molecule has 0 radical (unpaired) electrons. The Bertz CT molecular complexity index is 1180. The van der Waals surface area contributed by atoms with Crippen molar-refractivity contribution in [2.24, 2.45) is 11.8 Å². The summed E-state index contributed by atoms with van der Waals surface area (Å²) in [4.78, 5) is 22.2. The van der Waals surface area contributed by atoms with Gasteiger partial charge in [-0.1, -0.05) is 0 Å². The van der Waals surface area contributed by atoms with E-state index in [1.807, 2.05) is 18.2 Å². The number of carboxylic acid groups (broad SMARTS) is 1. The molecule has 1 aliphatic heterocycles. The first-order valence-corrected chi connectivity index (χ1v) is 13.2. The smallest absolute Gasteiger partial charge is 0.303 e. The number of methoxy groups -OCH3 is 1. The van der Waals surface area contributed by atoms with Crippen LogP contribution in [-0.4, -0.2) is 58.4 Å². The minimum Gasteiger partial charge on any atom is -0.497 e. The quantitative estimate of drug-likeness (QED) is 0.325. The van der Waals surface area contributed by atoms with Gasteiger partial charge < -0.3 is 14.7 Å². The highest BCUT2D eigenvalue weighted by Gasteiger charge is 2.31. The lowest BCUT2D eigenvalue weighted by Gasteiger charge is -2.38. The molecule has 4 rings (SSSR count). The first-order valence-electron chi connectivity index (χ1n) is 12.2. The van der Waals surface area contributed by atoms with Crippen LogP contribution in [0.3, 0.4) is 0 Å². The molecule has 6 nitrogen and oxygen atoms in total. The zero-order chi connectivity index (χ0) is 25.5. The Morgan fingerprint density at radius 2 is 2.11 bits per heavy atom. The third-order valence-corrected chi connectivity index (χ3v) is 7.85. The van der Waals surface area contributed by atoms with Gasteiger partial charge in [-0.3, -0.25) is 9.78 Å². The topological polar surface area (TPSA) is 75.5 Å². The van der Waals surface area contributed by atoms with Crippen LogP contribution in [0.5, 0.6) is 5.75 Å². The first-order chi connectivity index (χ1) is 17.4. The Morgan fingerprint density at radius 3 is 2.89 bits per heavy atom. The summed E-state index contributed by atoms with van der Waals surface area (Å²) in [5.41, 5.74) is 1.31. The molecule has 0 spiro atoms. The molecule has 3 heterocycles. The van der Waals surface area contributed by atoms with Gasteiger partial charge in [0.15, 0.2) is 5.82 Å². The molecule has 1 N–H and O–H groups in total. The summed E-state index contributed by atoms with van der Waals surface area (Å²) in [5.74, 6) is 0.256. The molecule has 1 aromatic carbocycles. The van der Waals surface area contributed by atoms with Gasteiger partial charge in [-0.05, 0) is 79.6 Å². The van der Waals surface area contributed by atoms with E-state index in [1.165, 1.54) is 17.8 Å². The average Bonchev–Trinajstić information content (AvgIpc) is 2.88. The van der Waals surface area contributed by atoms with Gasteiger partial charge in [-0.2, -0.15) is 0 Å². The van der Waals surface area contributed by atoms with E-state index in [9.17, 15) is 14.3 Å². The average molecular weight is 516 g/mol. The van der Waals surface area contributed by atoms with Crippen molar-refractivity contribution in [2.75, 3.05) is 32.5 Å². The van der Waals surface area contributed by atoms with Gasteiger partial charge in [-0.25, -0.2) is 13.8 Å². The summed E-state index contributed by atoms with van der Waals surface area (Å²) < 4.78 is 34.6. The largest absolute Gasteiger partial charge is 0.497 e. The molecule has 0 aliphatic carbocycles. The second-order valence-corrected chi connectivity index (χ2v) is 10.3. The number of piperidine rings is 1. The second kappa shape index (κ2) is 12.5. The number of thioether (sulfide) groups is 1. The number of nitrogens with zero attached hydrogens (tertiary/aromatic N) is 3. The molecule has 9 heteroatoms. The highest BCUT2D eigenvalue weighted by molar-refractivity contribution is 7.99. The third-order valence-electron chi connectivity index (χ3n) is 6.89. The zero-order valence-electron chi connectivity index (χ0n) is 20.3. The van der Waals surface area contributed by atoms with Gasteiger partial charge in [0.25, 0.3) is 0 Å². The van der Waals surface area contributed by atoms with Crippen LogP contribution >= 0.6 is 11.8 Å². The number of fused-ring (bicyclic) bond motifs is 1. The molecule has 0 saturated carbocycles. The molecule has 0 amide bonds. The summed E-state index contributed by atoms with van der Waals surface area (Å²) in [5, 5.41) is 10.6. The fourth-order valence-electron chi connectivity index (χ4n) is 5.01. The number of hydrogen-bond acceptors (Lipinski definition) is 6. The molecule has 192 valence electrons. The maximum absolute atomic E-state index is 15.4.